The first kappa shape index (κ1) is 35.2. The fraction of sp³-hybridized carbons (Fsp3) is 0. The molecule has 4 aromatic heterocycles. The number of hydrogen-bond acceptors (Lipinski definition) is 2. The van der Waals surface area contributed by atoms with Crippen LogP contribution in [0.1, 0.15) is 0 Å². The van der Waals surface area contributed by atoms with Crippen molar-refractivity contribution in [3.8, 4) is 51.0 Å². The molecule has 0 spiro atoms. The zero-order valence-corrected chi connectivity index (χ0v) is 34.1. The third-order valence-corrected chi connectivity index (χ3v) is 12.7. The van der Waals surface area contributed by atoms with Gasteiger partial charge >= 0.3 is 0 Å². The minimum Gasteiger partial charge on any atom is -0.309 e. The summed E-state index contributed by atoms with van der Waals surface area (Å²) >= 11 is 0. The van der Waals surface area contributed by atoms with E-state index in [9.17, 15) is 0 Å². The van der Waals surface area contributed by atoms with Gasteiger partial charge in [0.05, 0.1) is 44.5 Å². The van der Waals surface area contributed by atoms with Gasteiger partial charge in [-0.05, 0) is 65.7 Å². The molecule has 9 aromatic carbocycles. The smallest absolute Gasteiger partial charge is 0.235 e. The maximum absolute atomic E-state index is 5.53. The van der Waals surface area contributed by atoms with Crippen LogP contribution in [0.3, 0.4) is 0 Å². The fourth-order valence-corrected chi connectivity index (χ4v) is 9.84. The molecule has 0 radical (unpaired) electrons. The van der Waals surface area contributed by atoms with Crippen molar-refractivity contribution in [3.63, 3.8) is 0 Å². The first-order chi connectivity index (χ1) is 31.3. The van der Waals surface area contributed by atoms with Crippen LogP contribution in [0.4, 0.5) is 0 Å². The molecule has 0 atom stereocenters. The molecule has 0 amide bonds. The highest BCUT2D eigenvalue weighted by Gasteiger charge is 2.24. The standard InChI is InChI=1S/C58H37N5/c1-4-16-38(17-5-1)39-28-30-41(31-29-39)51-37-50(40-18-6-2-7-19-40)59-58(60-51)63-55-35-32-43(61-52-25-13-10-22-44(52)45-23-11-14-26-53(45)61)36-49(55)48-34-33-47-46-24-12-15-27-54(46)62(56(47)57(48)63)42-20-8-3-9-21-42/h1-37H. The van der Waals surface area contributed by atoms with Gasteiger partial charge < -0.3 is 9.13 Å². The Kier molecular flexibility index (Phi) is 7.84. The number of benzene rings is 9. The van der Waals surface area contributed by atoms with Crippen LogP contribution in [0.5, 0.6) is 0 Å². The van der Waals surface area contributed by atoms with Crippen molar-refractivity contribution in [2.75, 3.05) is 0 Å². The summed E-state index contributed by atoms with van der Waals surface area (Å²) in [5, 5.41) is 7.09. The van der Waals surface area contributed by atoms with Gasteiger partial charge in [-0.3, -0.25) is 4.57 Å². The van der Waals surface area contributed by atoms with Crippen molar-refractivity contribution in [2.24, 2.45) is 0 Å². The lowest BCUT2D eigenvalue weighted by molar-refractivity contribution is 0.994. The summed E-state index contributed by atoms with van der Waals surface area (Å²) < 4.78 is 7.13. The third kappa shape index (κ3) is 5.50. The summed E-state index contributed by atoms with van der Waals surface area (Å²) in [5.74, 6) is 0.612. The van der Waals surface area contributed by atoms with Gasteiger partial charge in [0.1, 0.15) is 0 Å². The number of hydrogen-bond donors (Lipinski definition) is 0. The molecule has 63 heavy (non-hydrogen) atoms. The molecule has 13 aromatic rings. The molecule has 13 rings (SSSR count). The number of para-hydroxylation sites is 4. The lowest BCUT2D eigenvalue weighted by atomic mass is 10.0. The van der Waals surface area contributed by atoms with Gasteiger partial charge in [-0.1, -0.05) is 170 Å². The average molecular weight is 804 g/mol. The molecule has 0 fully saturated rings. The molecule has 0 saturated carbocycles. The molecule has 0 saturated heterocycles. The highest BCUT2D eigenvalue weighted by Crippen LogP contribution is 2.43. The first-order valence-electron chi connectivity index (χ1n) is 21.4. The van der Waals surface area contributed by atoms with Crippen LogP contribution >= 0.6 is 0 Å². The predicted molar refractivity (Wildman–Crippen MR) is 261 cm³/mol. The SMILES string of the molecule is c1ccc(-c2ccc(-c3cc(-c4ccccc4)nc(-n4c5ccc(-n6c7ccccc7c7ccccc76)cc5c5ccc6c7ccccc7n(-c7ccccc7)c6c54)n3)cc2)cc1. The zero-order valence-electron chi connectivity index (χ0n) is 34.1. The summed E-state index contributed by atoms with van der Waals surface area (Å²) in [6.07, 6.45) is 0. The second kappa shape index (κ2) is 14.0. The molecule has 5 heteroatoms. The summed E-state index contributed by atoms with van der Waals surface area (Å²) in [6, 6.07) is 80.2. The Balaban J connectivity index is 1.15. The van der Waals surface area contributed by atoms with E-state index in [0.717, 1.165) is 72.3 Å². The summed E-state index contributed by atoms with van der Waals surface area (Å²) in [4.78, 5) is 11.0. The minimum atomic E-state index is 0.612. The third-order valence-electron chi connectivity index (χ3n) is 12.7. The second-order valence-corrected chi connectivity index (χ2v) is 16.2. The number of fused-ring (bicyclic) bond motifs is 10. The van der Waals surface area contributed by atoms with Crippen molar-refractivity contribution in [1.82, 2.24) is 23.7 Å². The van der Waals surface area contributed by atoms with Crippen molar-refractivity contribution >= 4 is 65.4 Å². The average Bonchev–Trinajstić information content (AvgIpc) is 4.00. The van der Waals surface area contributed by atoms with E-state index < -0.39 is 0 Å². The Morgan fingerprint density at radius 3 is 1.30 bits per heavy atom. The maximum atomic E-state index is 5.53. The van der Waals surface area contributed by atoms with E-state index in [1.165, 1.54) is 38.1 Å². The fourth-order valence-electron chi connectivity index (χ4n) is 9.84. The molecule has 0 bridgehead atoms. The van der Waals surface area contributed by atoms with Crippen molar-refractivity contribution in [2.45, 2.75) is 0 Å². The molecule has 294 valence electrons. The number of rotatable bonds is 6. The highest BCUT2D eigenvalue weighted by atomic mass is 15.2. The molecule has 0 unspecified atom stereocenters. The molecule has 0 aliphatic rings. The molecule has 0 aliphatic heterocycles. The van der Waals surface area contributed by atoms with E-state index in [4.69, 9.17) is 9.97 Å². The minimum absolute atomic E-state index is 0.612. The van der Waals surface area contributed by atoms with E-state index >= 15 is 0 Å². The van der Waals surface area contributed by atoms with E-state index in [1.807, 2.05) is 0 Å². The first-order valence-corrected chi connectivity index (χ1v) is 21.4. The Morgan fingerprint density at radius 1 is 0.254 bits per heavy atom. The molecular formula is C58H37N5. The van der Waals surface area contributed by atoms with E-state index in [1.54, 1.807) is 0 Å². The van der Waals surface area contributed by atoms with Gasteiger partial charge in [0, 0.05) is 54.8 Å². The van der Waals surface area contributed by atoms with Crippen LogP contribution < -0.4 is 0 Å². The summed E-state index contributed by atoms with van der Waals surface area (Å²) in [7, 11) is 0. The van der Waals surface area contributed by atoms with Crippen LogP contribution in [0.15, 0.2) is 224 Å². The van der Waals surface area contributed by atoms with Crippen LogP contribution in [0.2, 0.25) is 0 Å². The molecule has 0 aliphatic carbocycles. The van der Waals surface area contributed by atoms with Gasteiger partial charge in [-0.25, -0.2) is 9.97 Å². The number of aromatic nitrogens is 5. The Bertz CT molecular complexity index is 3830. The van der Waals surface area contributed by atoms with Crippen LogP contribution in [-0.4, -0.2) is 23.7 Å². The van der Waals surface area contributed by atoms with Gasteiger partial charge in [0.2, 0.25) is 5.95 Å². The van der Waals surface area contributed by atoms with Crippen molar-refractivity contribution in [3.05, 3.63) is 224 Å². The van der Waals surface area contributed by atoms with Gasteiger partial charge in [0.25, 0.3) is 0 Å². The van der Waals surface area contributed by atoms with Crippen LogP contribution in [0, 0.1) is 0 Å². The van der Waals surface area contributed by atoms with Crippen LogP contribution in [-0.2, 0) is 0 Å². The molecule has 0 N–H and O–H groups in total. The normalized spacial score (nSPS) is 11.8. The monoisotopic (exact) mass is 803 g/mol. The highest BCUT2D eigenvalue weighted by molar-refractivity contribution is 6.24. The lowest BCUT2D eigenvalue weighted by Gasteiger charge is -2.14. The van der Waals surface area contributed by atoms with Crippen LogP contribution in [0.25, 0.3) is 116 Å². The van der Waals surface area contributed by atoms with E-state index in [2.05, 4.69) is 238 Å². The van der Waals surface area contributed by atoms with Crippen molar-refractivity contribution < 1.29 is 0 Å². The second-order valence-electron chi connectivity index (χ2n) is 16.2. The Labute approximate surface area is 363 Å². The summed E-state index contributed by atoms with van der Waals surface area (Å²) in [6.45, 7) is 0. The molecule has 4 heterocycles. The topological polar surface area (TPSA) is 40.6 Å². The van der Waals surface area contributed by atoms with E-state index in [-0.39, 0.29) is 0 Å². The largest absolute Gasteiger partial charge is 0.309 e. The quantitative estimate of drug-likeness (QED) is 0.168. The summed E-state index contributed by atoms with van der Waals surface area (Å²) in [5.41, 5.74) is 15.0. The van der Waals surface area contributed by atoms with Gasteiger partial charge in [0.15, 0.2) is 0 Å². The molecular weight excluding hydrogens is 767 g/mol. The zero-order chi connectivity index (χ0) is 41.4. The maximum Gasteiger partial charge on any atom is 0.235 e. The number of nitrogens with zero attached hydrogens (tertiary/aromatic N) is 5. The predicted octanol–water partition coefficient (Wildman–Crippen LogP) is 14.8. The van der Waals surface area contributed by atoms with E-state index in [0.29, 0.717) is 5.95 Å². The lowest BCUT2D eigenvalue weighted by Crippen LogP contribution is -2.05. The van der Waals surface area contributed by atoms with Gasteiger partial charge in [-0.15, -0.1) is 0 Å². The Morgan fingerprint density at radius 2 is 0.683 bits per heavy atom. The Hall–Kier alpha value is -8.54. The molecule has 5 nitrogen and oxygen atoms in total. The van der Waals surface area contributed by atoms with Gasteiger partial charge in [-0.2, -0.15) is 0 Å². The van der Waals surface area contributed by atoms with Crippen molar-refractivity contribution in [1.29, 1.82) is 0 Å².